The fraction of sp³-hybridized carbons (Fsp3) is 0.263. The molecule has 0 atom stereocenters. The number of nitrogens with zero attached hydrogens (tertiary/aromatic N) is 4. The molecule has 0 aliphatic carbocycles. The number of piperidine rings is 1. The number of carbonyl (C=O) groups excluding carboxylic acids is 1. The molecule has 3 heterocycles. The first-order valence-electron chi connectivity index (χ1n) is 8.89. The second kappa shape index (κ2) is 7.34. The van der Waals surface area contributed by atoms with Crippen LogP contribution in [0, 0.1) is 11.6 Å². The first-order valence-corrected chi connectivity index (χ1v) is 8.89. The van der Waals surface area contributed by atoms with Crippen LogP contribution in [0.3, 0.4) is 0 Å². The molecule has 144 valence electrons. The lowest BCUT2D eigenvalue weighted by Gasteiger charge is -2.31. The second-order valence-corrected chi connectivity index (χ2v) is 6.67. The van der Waals surface area contributed by atoms with Crippen molar-refractivity contribution in [1.82, 2.24) is 24.8 Å². The monoisotopic (exact) mass is 384 g/mol. The summed E-state index contributed by atoms with van der Waals surface area (Å²) in [6.07, 6.45) is 5.94. The van der Waals surface area contributed by atoms with Crippen LogP contribution in [0.1, 0.15) is 35.1 Å². The summed E-state index contributed by atoms with van der Waals surface area (Å²) >= 11 is 0. The maximum atomic E-state index is 13.4. The van der Waals surface area contributed by atoms with Crippen LogP contribution in [0.5, 0.6) is 0 Å². The predicted octanol–water partition coefficient (Wildman–Crippen LogP) is 2.75. The molecular weight excluding hydrogens is 366 g/mol. The van der Waals surface area contributed by atoms with Crippen molar-refractivity contribution in [3.8, 4) is 11.3 Å². The fourth-order valence-corrected chi connectivity index (χ4v) is 3.37. The lowest BCUT2D eigenvalue weighted by atomic mass is 9.96. The summed E-state index contributed by atoms with van der Waals surface area (Å²) in [4.78, 5) is 29.8. The number of anilines is 1. The number of likely N-dealkylation sites (tertiary alicyclic amines) is 1. The highest BCUT2D eigenvalue weighted by atomic mass is 19.2. The second-order valence-electron chi connectivity index (χ2n) is 6.67. The zero-order chi connectivity index (χ0) is 19.7. The maximum absolute atomic E-state index is 13.4. The Hall–Kier alpha value is -3.36. The van der Waals surface area contributed by atoms with Gasteiger partial charge in [-0.2, -0.15) is 0 Å². The van der Waals surface area contributed by atoms with Crippen molar-refractivity contribution in [2.45, 2.75) is 18.8 Å². The number of H-pyrrole nitrogens is 1. The Bertz CT molecular complexity index is 1010. The third-order valence-electron chi connectivity index (χ3n) is 4.92. The highest BCUT2D eigenvalue weighted by molar-refractivity contribution is 5.96. The minimum atomic E-state index is -0.899. The average molecular weight is 384 g/mol. The zero-order valence-electron chi connectivity index (χ0n) is 14.9. The molecule has 1 aromatic carbocycles. The molecule has 3 N–H and O–H groups in total. The molecule has 7 nitrogen and oxygen atoms in total. The molecule has 1 saturated heterocycles. The van der Waals surface area contributed by atoms with Crippen molar-refractivity contribution in [3.05, 3.63) is 59.9 Å². The topological polar surface area (TPSA) is 101 Å². The molecular formula is C19H18F2N6O. The number of halogens is 2. The van der Waals surface area contributed by atoms with Crippen LogP contribution in [0.15, 0.2) is 36.8 Å². The van der Waals surface area contributed by atoms with Gasteiger partial charge in [0.2, 0.25) is 0 Å². The largest absolute Gasteiger partial charge is 0.382 e. The number of rotatable bonds is 3. The number of nitrogens with one attached hydrogen (secondary N) is 1. The van der Waals surface area contributed by atoms with Crippen LogP contribution in [0.4, 0.5) is 14.6 Å². The predicted molar refractivity (Wildman–Crippen MR) is 98.3 cm³/mol. The Morgan fingerprint density at radius 1 is 1.11 bits per heavy atom. The molecule has 0 radical (unpaired) electrons. The first-order chi connectivity index (χ1) is 13.5. The Labute approximate surface area is 159 Å². The molecule has 1 aliphatic rings. The number of aromatic amines is 1. The van der Waals surface area contributed by atoms with Crippen LogP contribution in [-0.2, 0) is 0 Å². The molecule has 1 amide bonds. The maximum Gasteiger partial charge on any atom is 0.276 e. The van der Waals surface area contributed by atoms with Gasteiger partial charge in [-0.3, -0.25) is 4.79 Å². The Kier molecular flexibility index (Phi) is 4.72. The van der Waals surface area contributed by atoms with E-state index in [9.17, 15) is 13.6 Å². The van der Waals surface area contributed by atoms with Gasteiger partial charge in [-0.1, -0.05) is 0 Å². The van der Waals surface area contributed by atoms with E-state index >= 15 is 0 Å². The number of benzene rings is 1. The smallest absolute Gasteiger partial charge is 0.276 e. The van der Waals surface area contributed by atoms with Crippen LogP contribution in [-0.4, -0.2) is 43.8 Å². The third kappa shape index (κ3) is 3.42. The number of imidazole rings is 1. The van der Waals surface area contributed by atoms with Gasteiger partial charge in [0.1, 0.15) is 5.82 Å². The van der Waals surface area contributed by atoms with Gasteiger partial charge in [0.25, 0.3) is 5.91 Å². The van der Waals surface area contributed by atoms with Crippen molar-refractivity contribution in [3.63, 3.8) is 0 Å². The van der Waals surface area contributed by atoms with Crippen molar-refractivity contribution >= 4 is 11.7 Å². The highest BCUT2D eigenvalue weighted by Crippen LogP contribution is 2.29. The molecule has 1 aliphatic heterocycles. The van der Waals surface area contributed by atoms with Gasteiger partial charge in [0.05, 0.1) is 11.9 Å². The van der Waals surface area contributed by atoms with E-state index in [2.05, 4.69) is 19.9 Å². The van der Waals surface area contributed by atoms with Gasteiger partial charge >= 0.3 is 0 Å². The molecule has 28 heavy (non-hydrogen) atoms. The lowest BCUT2D eigenvalue weighted by molar-refractivity contribution is 0.0706. The quantitative estimate of drug-likeness (QED) is 0.723. The number of amides is 1. The number of hydrogen-bond donors (Lipinski definition) is 2. The van der Waals surface area contributed by atoms with E-state index in [0.717, 1.165) is 30.8 Å². The summed E-state index contributed by atoms with van der Waals surface area (Å²) in [5, 5.41) is 0. The molecule has 1 fully saturated rings. The Morgan fingerprint density at radius 3 is 2.57 bits per heavy atom. The van der Waals surface area contributed by atoms with Crippen LogP contribution in [0.25, 0.3) is 11.3 Å². The van der Waals surface area contributed by atoms with E-state index < -0.39 is 11.6 Å². The minimum Gasteiger partial charge on any atom is -0.382 e. The summed E-state index contributed by atoms with van der Waals surface area (Å²) in [7, 11) is 0. The van der Waals surface area contributed by atoms with Crippen molar-refractivity contribution in [1.29, 1.82) is 0 Å². The van der Waals surface area contributed by atoms with E-state index in [1.165, 1.54) is 18.5 Å². The van der Waals surface area contributed by atoms with Crippen molar-refractivity contribution < 1.29 is 13.6 Å². The minimum absolute atomic E-state index is 0.122. The molecule has 0 bridgehead atoms. The van der Waals surface area contributed by atoms with Crippen LogP contribution >= 0.6 is 0 Å². The van der Waals surface area contributed by atoms with Gasteiger partial charge in [-0.15, -0.1) is 0 Å². The van der Waals surface area contributed by atoms with Crippen LogP contribution < -0.4 is 5.73 Å². The fourth-order valence-electron chi connectivity index (χ4n) is 3.37. The van der Waals surface area contributed by atoms with Gasteiger partial charge in [0.15, 0.2) is 23.1 Å². The Balaban J connectivity index is 1.43. The normalized spacial score (nSPS) is 15.0. The Morgan fingerprint density at radius 2 is 1.86 bits per heavy atom. The summed E-state index contributed by atoms with van der Waals surface area (Å²) in [5.74, 6) is -0.982. The molecule has 2 aromatic heterocycles. The molecule has 4 rings (SSSR count). The third-order valence-corrected chi connectivity index (χ3v) is 4.92. The van der Waals surface area contributed by atoms with Gasteiger partial charge in [-0.25, -0.2) is 23.7 Å². The molecule has 0 unspecified atom stereocenters. The number of aromatic nitrogens is 4. The molecule has 0 saturated carbocycles. The lowest BCUT2D eigenvalue weighted by Crippen LogP contribution is -2.38. The van der Waals surface area contributed by atoms with Crippen molar-refractivity contribution in [2.24, 2.45) is 0 Å². The molecule has 3 aromatic rings. The van der Waals surface area contributed by atoms with Crippen molar-refractivity contribution in [2.75, 3.05) is 18.8 Å². The van der Waals surface area contributed by atoms with E-state index in [0.29, 0.717) is 24.3 Å². The average Bonchev–Trinajstić information content (AvgIpc) is 3.20. The van der Waals surface area contributed by atoms with Gasteiger partial charge in [-0.05, 0) is 31.0 Å². The standard InChI is InChI=1S/C19H18F2N6O/c20-13-2-1-12(9-14(13)21)15-10-25-18(26-15)11-3-7-27(8-4-11)19(28)16-17(22)24-6-5-23-16/h1-2,5-6,9-11H,3-4,7-8H2,(H2,22,24)(H,25,26). The number of nitrogens with two attached hydrogens (primary N) is 1. The summed E-state index contributed by atoms with van der Waals surface area (Å²) in [5.41, 5.74) is 7.06. The van der Waals surface area contributed by atoms with Gasteiger partial charge in [0, 0.05) is 37.0 Å². The zero-order valence-corrected chi connectivity index (χ0v) is 14.9. The number of carbonyl (C=O) groups is 1. The van der Waals surface area contributed by atoms with Gasteiger partial charge < -0.3 is 15.6 Å². The van der Waals surface area contributed by atoms with E-state index in [-0.39, 0.29) is 23.3 Å². The van der Waals surface area contributed by atoms with E-state index in [4.69, 9.17) is 5.73 Å². The summed E-state index contributed by atoms with van der Waals surface area (Å²) in [6, 6.07) is 3.73. The van der Waals surface area contributed by atoms with E-state index in [1.807, 2.05) is 0 Å². The molecule has 9 heteroatoms. The highest BCUT2D eigenvalue weighted by Gasteiger charge is 2.28. The number of hydrogen-bond acceptors (Lipinski definition) is 5. The summed E-state index contributed by atoms with van der Waals surface area (Å²) < 4.78 is 26.6. The van der Waals surface area contributed by atoms with Crippen LogP contribution in [0.2, 0.25) is 0 Å². The SMILES string of the molecule is Nc1nccnc1C(=O)N1CCC(c2ncc(-c3ccc(F)c(F)c3)[nH]2)CC1. The molecule has 0 spiro atoms. The first kappa shape index (κ1) is 18.0. The van der Waals surface area contributed by atoms with E-state index in [1.54, 1.807) is 11.1 Å². The summed E-state index contributed by atoms with van der Waals surface area (Å²) in [6.45, 7) is 1.08. The number of nitrogen functional groups attached to an aromatic ring is 1.